The van der Waals surface area contributed by atoms with Crippen LogP contribution < -0.4 is 0 Å². The van der Waals surface area contributed by atoms with Gasteiger partial charge in [0, 0.05) is 13.7 Å². The van der Waals surface area contributed by atoms with Gasteiger partial charge in [-0.3, -0.25) is 4.90 Å². The monoisotopic (exact) mass is 325 g/mol. The summed E-state index contributed by atoms with van der Waals surface area (Å²) < 4.78 is 10.6. The summed E-state index contributed by atoms with van der Waals surface area (Å²) >= 11 is 0. The minimum absolute atomic E-state index is 0.251. The number of carbonyl (C=O) groups excluding carboxylic acids is 1. The van der Waals surface area contributed by atoms with Gasteiger partial charge in [-0.25, -0.2) is 4.79 Å². The second-order valence-electron chi connectivity index (χ2n) is 6.30. The van der Waals surface area contributed by atoms with Crippen molar-refractivity contribution in [2.75, 3.05) is 20.3 Å². The molecule has 0 aliphatic rings. The summed E-state index contributed by atoms with van der Waals surface area (Å²) in [6.45, 7) is 4.93. The molecule has 1 amide bonds. The molecule has 23 heavy (non-hydrogen) atoms. The van der Waals surface area contributed by atoms with Crippen molar-refractivity contribution >= 4 is 6.09 Å². The molecule has 0 heterocycles. The lowest BCUT2D eigenvalue weighted by molar-refractivity contribution is -0.0505. The fourth-order valence-corrected chi connectivity index (χ4v) is 2.19. The highest BCUT2D eigenvalue weighted by Gasteiger charge is 2.33. The average Bonchev–Trinajstić information content (AvgIpc) is 2.50. The van der Waals surface area contributed by atoms with Crippen molar-refractivity contribution in [1.29, 1.82) is 0 Å². The normalized spacial score (nSPS) is 14.2. The zero-order valence-corrected chi connectivity index (χ0v) is 14.2. The van der Waals surface area contributed by atoms with Crippen LogP contribution in [0.3, 0.4) is 0 Å². The molecular weight excluding hydrogens is 298 g/mol. The topological polar surface area (TPSA) is 79.2 Å². The summed E-state index contributed by atoms with van der Waals surface area (Å²) in [6.07, 6.45) is -1.26. The lowest BCUT2D eigenvalue weighted by Crippen LogP contribution is -2.52. The van der Waals surface area contributed by atoms with Crippen molar-refractivity contribution < 1.29 is 24.5 Å². The van der Waals surface area contributed by atoms with Crippen LogP contribution in [0.15, 0.2) is 30.3 Å². The van der Waals surface area contributed by atoms with Crippen LogP contribution in [-0.4, -0.2) is 59.3 Å². The van der Waals surface area contributed by atoms with E-state index >= 15 is 0 Å². The number of methoxy groups -OCH3 is 1. The number of rotatable bonds is 7. The molecule has 0 spiro atoms. The molecule has 0 saturated carbocycles. The maximum atomic E-state index is 12.6. The Kier molecular flexibility index (Phi) is 7.48. The highest BCUT2D eigenvalue weighted by molar-refractivity contribution is 5.68. The molecule has 130 valence electrons. The molecule has 0 fully saturated rings. The molecule has 1 rings (SSSR count). The molecule has 0 radical (unpaired) electrons. The Balaban J connectivity index is 3.05. The summed E-state index contributed by atoms with van der Waals surface area (Å²) in [7, 11) is 1.43. The molecule has 0 bridgehead atoms. The molecule has 0 aliphatic carbocycles. The first-order valence-corrected chi connectivity index (χ1v) is 7.60. The molecule has 0 saturated heterocycles. The van der Waals surface area contributed by atoms with Gasteiger partial charge < -0.3 is 19.7 Å². The van der Waals surface area contributed by atoms with Crippen LogP contribution >= 0.6 is 0 Å². The van der Waals surface area contributed by atoms with E-state index in [-0.39, 0.29) is 19.8 Å². The molecular formula is C17H27NO5. The Morgan fingerprint density at radius 3 is 2.22 bits per heavy atom. The predicted molar refractivity (Wildman–Crippen MR) is 87.0 cm³/mol. The number of nitrogens with zero attached hydrogens (tertiary/aromatic N) is 1. The Morgan fingerprint density at radius 1 is 1.17 bits per heavy atom. The van der Waals surface area contributed by atoms with Crippen molar-refractivity contribution in [2.24, 2.45) is 0 Å². The zero-order valence-electron chi connectivity index (χ0n) is 14.2. The highest BCUT2D eigenvalue weighted by atomic mass is 16.6. The molecule has 0 unspecified atom stereocenters. The van der Waals surface area contributed by atoms with Crippen molar-refractivity contribution in [3.05, 3.63) is 35.9 Å². The fourth-order valence-electron chi connectivity index (χ4n) is 2.19. The number of amides is 1. The minimum Gasteiger partial charge on any atom is -0.444 e. The second-order valence-corrected chi connectivity index (χ2v) is 6.30. The van der Waals surface area contributed by atoms with Crippen molar-refractivity contribution in [1.82, 2.24) is 4.90 Å². The number of carbonyl (C=O) groups is 1. The smallest absolute Gasteiger partial charge is 0.411 e. The van der Waals surface area contributed by atoms with E-state index < -0.39 is 23.8 Å². The second kappa shape index (κ2) is 8.86. The standard InChI is InChI=1S/C17H27NO5/c1-17(2,3)23-16(21)18(10-13-8-6-5-7-9-13)14(11-19)15(12-20)22-4/h5-9,14-15,19-20H,10-12H2,1-4H3/t14-,15+/m0/s1. The van der Waals surface area contributed by atoms with Crippen LogP contribution in [-0.2, 0) is 16.0 Å². The van der Waals surface area contributed by atoms with Gasteiger partial charge >= 0.3 is 6.09 Å². The van der Waals surface area contributed by atoms with Gasteiger partial charge in [-0.1, -0.05) is 30.3 Å². The van der Waals surface area contributed by atoms with E-state index in [9.17, 15) is 15.0 Å². The molecule has 1 aromatic carbocycles. The Hall–Kier alpha value is -1.63. The minimum atomic E-state index is -0.708. The summed E-state index contributed by atoms with van der Waals surface area (Å²) in [5.74, 6) is 0. The summed E-state index contributed by atoms with van der Waals surface area (Å²) in [6, 6.07) is 8.68. The number of aliphatic hydroxyl groups excluding tert-OH is 2. The van der Waals surface area contributed by atoms with Crippen LogP contribution in [0.25, 0.3) is 0 Å². The number of benzene rings is 1. The maximum Gasteiger partial charge on any atom is 0.411 e. The maximum absolute atomic E-state index is 12.6. The SMILES string of the molecule is CO[C@H](CO)[C@H](CO)N(Cc1ccccc1)C(=O)OC(C)(C)C. The van der Waals surface area contributed by atoms with Crippen molar-refractivity contribution in [2.45, 2.75) is 45.1 Å². The lowest BCUT2D eigenvalue weighted by atomic mass is 10.1. The first-order valence-electron chi connectivity index (χ1n) is 7.60. The van der Waals surface area contributed by atoms with E-state index in [4.69, 9.17) is 9.47 Å². The lowest BCUT2D eigenvalue weighted by Gasteiger charge is -2.35. The first-order chi connectivity index (χ1) is 10.8. The third-order valence-corrected chi connectivity index (χ3v) is 3.32. The number of aliphatic hydroxyl groups is 2. The fraction of sp³-hybridized carbons (Fsp3) is 0.588. The van der Waals surface area contributed by atoms with Gasteiger partial charge in [0.05, 0.1) is 19.3 Å². The van der Waals surface area contributed by atoms with Gasteiger partial charge in [-0.2, -0.15) is 0 Å². The average molecular weight is 325 g/mol. The third-order valence-electron chi connectivity index (χ3n) is 3.32. The summed E-state index contributed by atoms with van der Waals surface area (Å²) in [5, 5.41) is 19.2. The molecule has 2 atom stereocenters. The first kappa shape index (κ1) is 19.4. The Morgan fingerprint density at radius 2 is 1.78 bits per heavy atom. The molecule has 6 heteroatoms. The van der Waals surface area contributed by atoms with Crippen LogP contribution in [0.5, 0.6) is 0 Å². The van der Waals surface area contributed by atoms with Gasteiger partial charge in [-0.15, -0.1) is 0 Å². The highest BCUT2D eigenvalue weighted by Crippen LogP contribution is 2.18. The van der Waals surface area contributed by atoms with Crippen LogP contribution in [0.2, 0.25) is 0 Å². The molecule has 2 N–H and O–H groups in total. The van der Waals surface area contributed by atoms with Crippen molar-refractivity contribution in [3.63, 3.8) is 0 Å². The molecule has 1 aromatic rings. The van der Waals surface area contributed by atoms with E-state index in [1.807, 2.05) is 30.3 Å². The van der Waals surface area contributed by atoms with Gasteiger partial charge in [0.1, 0.15) is 11.7 Å². The van der Waals surface area contributed by atoms with Gasteiger partial charge in [0.25, 0.3) is 0 Å². The van der Waals surface area contributed by atoms with Crippen molar-refractivity contribution in [3.8, 4) is 0 Å². The summed E-state index contributed by atoms with van der Waals surface area (Å²) in [4.78, 5) is 13.9. The van der Waals surface area contributed by atoms with Crippen LogP contribution in [0.1, 0.15) is 26.3 Å². The predicted octanol–water partition coefficient (Wildman–Crippen LogP) is 1.79. The largest absolute Gasteiger partial charge is 0.444 e. The van der Waals surface area contributed by atoms with Crippen LogP contribution in [0, 0.1) is 0 Å². The third kappa shape index (κ3) is 6.17. The quantitative estimate of drug-likeness (QED) is 0.799. The molecule has 0 aliphatic heterocycles. The van der Waals surface area contributed by atoms with E-state index in [1.165, 1.54) is 12.0 Å². The van der Waals surface area contributed by atoms with Gasteiger partial charge in [-0.05, 0) is 26.3 Å². The number of ether oxygens (including phenoxy) is 2. The van der Waals surface area contributed by atoms with Crippen LogP contribution in [0.4, 0.5) is 4.79 Å². The van der Waals surface area contributed by atoms with E-state index in [1.54, 1.807) is 20.8 Å². The van der Waals surface area contributed by atoms with Gasteiger partial charge in [0.2, 0.25) is 0 Å². The summed E-state index contributed by atoms with van der Waals surface area (Å²) in [5.41, 5.74) is 0.234. The van der Waals surface area contributed by atoms with E-state index in [2.05, 4.69) is 0 Å². The van der Waals surface area contributed by atoms with E-state index in [0.29, 0.717) is 0 Å². The Labute approximate surface area is 137 Å². The number of hydrogen-bond acceptors (Lipinski definition) is 5. The van der Waals surface area contributed by atoms with E-state index in [0.717, 1.165) is 5.56 Å². The van der Waals surface area contributed by atoms with Gasteiger partial charge in [0.15, 0.2) is 0 Å². The molecule has 0 aromatic heterocycles. The molecule has 6 nitrogen and oxygen atoms in total. The zero-order chi connectivity index (χ0) is 17.5. The Bertz CT molecular complexity index is 468. The number of hydrogen-bond donors (Lipinski definition) is 2.